The van der Waals surface area contributed by atoms with Crippen molar-refractivity contribution in [1.82, 2.24) is 15.1 Å². The Labute approximate surface area is 151 Å². The molecule has 1 aliphatic rings. The van der Waals surface area contributed by atoms with Crippen LogP contribution in [-0.4, -0.2) is 66.7 Å². The Morgan fingerprint density at radius 1 is 1.25 bits per heavy atom. The molecule has 0 atom stereocenters. The fourth-order valence-electron chi connectivity index (χ4n) is 2.33. The van der Waals surface area contributed by atoms with Gasteiger partial charge in [-0.05, 0) is 32.9 Å². The number of thiophene rings is 1. The van der Waals surface area contributed by atoms with E-state index in [4.69, 9.17) is 16.3 Å². The molecule has 0 aromatic carbocycles. The summed E-state index contributed by atoms with van der Waals surface area (Å²) >= 11 is 7.10. The summed E-state index contributed by atoms with van der Waals surface area (Å²) in [5.74, 6) is -0.0979. The van der Waals surface area contributed by atoms with Gasteiger partial charge in [0.1, 0.15) is 5.60 Å². The van der Waals surface area contributed by atoms with Gasteiger partial charge >= 0.3 is 6.09 Å². The van der Waals surface area contributed by atoms with E-state index in [9.17, 15) is 9.59 Å². The lowest BCUT2D eigenvalue weighted by atomic mass is 10.2. The third-order valence-corrected chi connectivity index (χ3v) is 4.76. The van der Waals surface area contributed by atoms with Crippen LogP contribution >= 0.6 is 22.9 Å². The molecule has 134 valence electrons. The van der Waals surface area contributed by atoms with Gasteiger partial charge in [-0.15, -0.1) is 11.3 Å². The van der Waals surface area contributed by atoms with Crippen LogP contribution < -0.4 is 5.32 Å². The Morgan fingerprint density at radius 2 is 1.92 bits per heavy atom. The van der Waals surface area contributed by atoms with Crippen molar-refractivity contribution in [3.8, 4) is 0 Å². The molecule has 0 radical (unpaired) electrons. The molecule has 0 spiro atoms. The fraction of sp³-hybridized carbons (Fsp3) is 0.625. The zero-order valence-electron chi connectivity index (χ0n) is 14.3. The van der Waals surface area contributed by atoms with Crippen LogP contribution in [0.4, 0.5) is 4.79 Å². The molecule has 1 aliphatic heterocycles. The van der Waals surface area contributed by atoms with Crippen molar-refractivity contribution in [1.29, 1.82) is 0 Å². The van der Waals surface area contributed by atoms with Gasteiger partial charge in [-0.1, -0.05) is 11.6 Å². The number of hydrogen-bond acceptors (Lipinski definition) is 5. The van der Waals surface area contributed by atoms with Gasteiger partial charge in [-0.3, -0.25) is 9.69 Å². The number of carbonyl (C=O) groups excluding carboxylic acids is 2. The van der Waals surface area contributed by atoms with E-state index in [0.29, 0.717) is 28.8 Å². The minimum Gasteiger partial charge on any atom is -0.444 e. The minimum atomic E-state index is -0.469. The number of nitrogens with one attached hydrogen (secondary N) is 1. The van der Waals surface area contributed by atoms with Gasteiger partial charge in [0, 0.05) is 39.3 Å². The zero-order chi connectivity index (χ0) is 17.7. The quantitative estimate of drug-likeness (QED) is 0.881. The average Bonchev–Trinajstić information content (AvgIpc) is 2.93. The number of amides is 2. The van der Waals surface area contributed by atoms with Crippen molar-refractivity contribution in [3.05, 3.63) is 21.3 Å². The Hall–Kier alpha value is -1.31. The molecule has 1 N–H and O–H groups in total. The van der Waals surface area contributed by atoms with Gasteiger partial charge in [0.2, 0.25) is 0 Å². The number of piperazine rings is 1. The first-order chi connectivity index (χ1) is 11.2. The molecule has 0 unspecified atom stereocenters. The van der Waals surface area contributed by atoms with Crippen LogP contribution in [-0.2, 0) is 4.74 Å². The summed E-state index contributed by atoms with van der Waals surface area (Å²) in [6, 6.07) is 3.44. The second kappa shape index (κ2) is 8.18. The highest BCUT2D eigenvalue weighted by atomic mass is 35.5. The maximum atomic E-state index is 12.0. The van der Waals surface area contributed by atoms with Crippen LogP contribution in [0.5, 0.6) is 0 Å². The van der Waals surface area contributed by atoms with E-state index >= 15 is 0 Å². The molecule has 2 rings (SSSR count). The SMILES string of the molecule is CC(C)(C)OC(=O)N1CCN(CCNC(=O)c2ccc(Cl)s2)CC1. The molecule has 2 amide bonds. The van der Waals surface area contributed by atoms with Crippen LogP contribution in [0.2, 0.25) is 4.34 Å². The summed E-state index contributed by atoms with van der Waals surface area (Å²) in [6.45, 7) is 9.76. The first-order valence-electron chi connectivity index (χ1n) is 7.98. The Bertz CT molecular complexity index is 577. The van der Waals surface area contributed by atoms with E-state index in [1.165, 1.54) is 11.3 Å². The summed E-state index contributed by atoms with van der Waals surface area (Å²) in [7, 11) is 0. The molecule has 24 heavy (non-hydrogen) atoms. The van der Waals surface area contributed by atoms with Crippen molar-refractivity contribution in [2.24, 2.45) is 0 Å². The molecule has 0 saturated carbocycles. The van der Waals surface area contributed by atoms with Crippen molar-refractivity contribution in [2.45, 2.75) is 26.4 Å². The third-order valence-electron chi connectivity index (χ3n) is 3.53. The Morgan fingerprint density at radius 3 is 2.46 bits per heavy atom. The number of rotatable bonds is 4. The maximum absolute atomic E-state index is 12.0. The molecule has 2 heterocycles. The second-order valence-corrected chi connectivity index (χ2v) is 8.38. The van der Waals surface area contributed by atoms with E-state index in [1.54, 1.807) is 17.0 Å². The molecular weight excluding hydrogens is 350 g/mol. The van der Waals surface area contributed by atoms with Crippen molar-refractivity contribution in [3.63, 3.8) is 0 Å². The van der Waals surface area contributed by atoms with Crippen LogP contribution in [0.25, 0.3) is 0 Å². The minimum absolute atomic E-state index is 0.0979. The van der Waals surface area contributed by atoms with E-state index in [0.717, 1.165) is 19.6 Å². The van der Waals surface area contributed by atoms with Gasteiger partial charge < -0.3 is 15.0 Å². The van der Waals surface area contributed by atoms with Gasteiger partial charge in [-0.25, -0.2) is 4.79 Å². The molecule has 0 aliphatic carbocycles. The fourth-order valence-corrected chi connectivity index (χ4v) is 3.29. The topological polar surface area (TPSA) is 61.9 Å². The number of nitrogens with zero attached hydrogens (tertiary/aromatic N) is 2. The standard InChI is InChI=1S/C16H24ClN3O3S/c1-16(2,3)23-15(22)20-10-8-19(9-11-20)7-6-18-14(21)12-4-5-13(17)24-12/h4-5H,6-11H2,1-3H3,(H,18,21). The van der Waals surface area contributed by atoms with E-state index in [2.05, 4.69) is 10.2 Å². The van der Waals surface area contributed by atoms with Crippen LogP contribution in [0.1, 0.15) is 30.4 Å². The lowest BCUT2D eigenvalue weighted by molar-refractivity contribution is 0.0147. The normalized spacial score (nSPS) is 16.1. The molecular formula is C16H24ClN3O3S. The van der Waals surface area contributed by atoms with Crippen molar-refractivity contribution in [2.75, 3.05) is 39.3 Å². The average molecular weight is 374 g/mol. The molecule has 0 bridgehead atoms. The number of hydrogen-bond donors (Lipinski definition) is 1. The zero-order valence-corrected chi connectivity index (χ0v) is 15.9. The van der Waals surface area contributed by atoms with Crippen LogP contribution in [0, 0.1) is 0 Å². The molecule has 8 heteroatoms. The molecule has 1 aromatic rings. The summed E-state index contributed by atoms with van der Waals surface area (Å²) in [5.41, 5.74) is -0.469. The number of halogens is 1. The first kappa shape index (κ1) is 19.0. The smallest absolute Gasteiger partial charge is 0.410 e. The number of ether oxygens (including phenoxy) is 1. The van der Waals surface area contributed by atoms with Crippen molar-refractivity contribution >= 4 is 34.9 Å². The summed E-state index contributed by atoms with van der Waals surface area (Å²) in [6.07, 6.45) is -0.259. The largest absolute Gasteiger partial charge is 0.444 e. The van der Waals surface area contributed by atoms with E-state index in [-0.39, 0.29) is 12.0 Å². The molecule has 1 saturated heterocycles. The van der Waals surface area contributed by atoms with Crippen LogP contribution in [0.3, 0.4) is 0 Å². The maximum Gasteiger partial charge on any atom is 0.410 e. The molecule has 1 aromatic heterocycles. The van der Waals surface area contributed by atoms with E-state index in [1.807, 2.05) is 20.8 Å². The van der Waals surface area contributed by atoms with E-state index < -0.39 is 5.60 Å². The van der Waals surface area contributed by atoms with Gasteiger partial charge in [0.05, 0.1) is 9.21 Å². The van der Waals surface area contributed by atoms with Gasteiger partial charge in [0.25, 0.3) is 5.91 Å². The third kappa shape index (κ3) is 5.96. The predicted molar refractivity (Wildman–Crippen MR) is 95.9 cm³/mol. The van der Waals surface area contributed by atoms with Gasteiger partial charge in [0.15, 0.2) is 0 Å². The highest BCUT2D eigenvalue weighted by Crippen LogP contribution is 2.21. The van der Waals surface area contributed by atoms with Crippen molar-refractivity contribution < 1.29 is 14.3 Å². The molecule has 1 fully saturated rings. The molecule has 6 nitrogen and oxygen atoms in total. The summed E-state index contributed by atoms with van der Waals surface area (Å²) in [4.78, 5) is 28.5. The highest BCUT2D eigenvalue weighted by molar-refractivity contribution is 7.17. The Balaban J connectivity index is 1.66. The summed E-state index contributed by atoms with van der Waals surface area (Å²) in [5, 5.41) is 2.89. The lowest BCUT2D eigenvalue weighted by Gasteiger charge is -2.35. The van der Waals surface area contributed by atoms with Crippen LogP contribution in [0.15, 0.2) is 12.1 Å². The monoisotopic (exact) mass is 373 g/mol. The first-order valence-corrected chi connectivity index (χ1v) is 9.18. The summed E-state index contributed by atoms with van der Waals surface area (Å²) < 4.78 is 5.99. The number of carbonyl (C=O) groups is 2. The lowest BCUT2D eigenvalue weighted by Crippen LogP contribution is -2.51. The Kier molecular flexibility index (Phi) is 6.48. The predicted octanol–water partition coefficient (Wildman–Crippen LogP) is 2.68. The van der Waals surface area contributed by atoms with Gasteiger partial charge in [-0.2, -0.15) is 0 Å². The highest BCUT2D eigenvalue weighted by Gasteiger charge is 2.25. The second-order valence-electron chi connectivity index (χ2n) is 6.67.